The molecule has 0 aliphatic carbocycles. The fraction of sp³-hybridized carbons (Fsp3) is 0.857. The van der Waals surface area contributed by atoms with Crippen molar-refractivity contribution < 1.29 is 24.2 Å². The molecule has 2 fully saturated rings. The Bertz CT molecular complexity index is 363. The van der Waals surface area contributed by atoms with E-state index in [4.69, 9.17) is 9.47 Å². The first-order valence-electron chi connectivity index (χ1n) is 7.19. The molecular weight excluding hydrogens is 262 g/mol. The maximum atomic E-state index is 12.3. The lowest BCUT2D eigenvalue weighted by Gasteiger charge is -2.39. The molecule has 2 unspecified atom stereocenters. The summed E-state index contributed by atoms with van der Waals surface area (Å²) in [5, 5.41) is 9.46. The van der Waals surface area contributed by atoms with Crippen LogP contribution in [0, 0.1) is 5.41 Å². The molecule has 2 saturated heterocycles. The lowest BCUT2D eigenvalue weighted by atomic mass is 9.80. The van der Waals surface area contributed by atoms with Crippen LogP contribution in [0.2, 0.25) is 0 Å². The van der Waals surface area contributed by atoms with E-state index in [2.05, 4.69) is 0 Å². The van der Waals surface area contributed by atoms with E-state index in [1.54, 1.807) is 4.90 Å². The van der Waals surface area contributed by atoms with Gasteiger partial charge in [-0.25, -0.2) is 0 Å². The summed E-state index contributed by atoms with van der Waals surface area (Å²) in [6, 6.07) is 0. The maximum Gasteiger partial charge on any atom is 0.313 e. The number of methoxy groups -OCH3 is 1. The van der Waals surface area contributed by atoms with Gasteiger partial charge in [-0.3, -0.25) is 9.59 Å². The Balaban J connectivity index is 1.97. The molecular formula is C14H23NO5. The topological polar surface area (TPSA) is 76.1 Å². The predicted octanol–water partition coefficient (Wildman–Crippen LogP) is 0.895. The fourth-order valence-corrected chi connectivity index (χ4v) is 3.10. The zero-order chi connectivity index (χ0) is 14.6. The van der Waals surface area contributed by atoms with E-state index in [1.165, 1.54) is 7.11 Å². The minimum absolute atomic E-state index is 0.00155. The van der Waals surface area contributed by atoms with E-state index in [0.717, 1.165) is 19.4 Å². The third-order valence-electron chi connectivity index (χ3n) is 4.23. The van der Waals surface area contributed by atoms with Gasteiger partial charge in [0, 0.05) is 26.8 Å². The number of amides is 1. The Kier molecular flexibility index (Phi) is 4.99. The Morgan fingerprint density at radius 1 is 1.45 bits per heavy atom. The third kappa shape index (κ3) is 3.30. The van der Waals surface area contributed by atoms with Crippen LogP contribution in [0.15, 0.2) is 0 Å². The standard InChI is InChI=1S/C14H23NO5/c1-19-10-14(13(17)18)5-3-6-15(9-14)12(16)8-11-4-2-7-20-11/h11H,2-10H2,1H3,(H,17,18). The molecule has 2 aliphatic heterocycles. The number of nitrogens with zero attached hydrogens (tertiary/aromatic N) is 1. The van der Waals surface area contributed by atoms with Crippen molar-refractivity contribution in [2.24, 2.45) is 5.41 Å². The number of carboxylic acids is 1. The van der Waals surface area contributed by atoms with E-state index < -0.39 is 11.4 Å². The van der Waals surface area contributed by atoms with Gasteiger partial charge in [0.2, 0.25) is 5.91 Å². The van der Waals surface area contributed by atoms with Crippen LogP contribution in [0.4, 0.5) is 0 Å². The van der Waals surface area contributed by atoms with Gasteiger partial charge in [0.25, 0.3) is 0 Å². The van der Waals surface area contributed by atoms with Crippen LogP contribution in [0.1, 0.15) is 32.1 Å². The van der Waals surface area contributed by atoms with Crippen molar-refractivity contribution in [3.8, 4) is 0 Å². The van der Waals surface area contributed by atoms with Gasteiger partial charge in [0.15, 0.2) is 0 Å². The molecule has 1 N–H and O–H groups in total. The number of hydrogen-bond donors (Lipinski definition) is 1. The second kappa shape index (κ2) is 6.54. The molecule has 0 aromatic rings. The molecule has 2 rings (SSSR count). The van der Waals surface area contributed by atoms with Gasteiger partial charge in [-0.15, -0.1) is 0 Å². The number of hydrogen-bond acceptors (Lipinski definition) is 4. The number of likely N-dealkylation sites (tertiary alicyclic amines) is 1. The quantitative estimate of drug-likeness (QED) is 0.812. The van der Waals surface area contributed by atoms with Crippen LogP contribution in [0.5, 0.6) is 0 Å². The fourth-order valence-electron chi connectivity index (χ4n) is 3.10. The zero-order valence-electron chi connectivity index (χ0n) is 12.0. The van der Waals surface area contributed by atoms with E-state index in [1.807, 2.05) is 0 Å². The summed E-state index contributed by atoms with van der Waals surface area (Å²) in [6.45, 7) is 1.73. The monoisotopic (exact) mass is 285 g/mol. The molecule has 6 heteroatoms. The Hall–Kier alpha value is -1.14. The van der Waals surface area contributed by atoms with Crippen molar-refractivity contribution in [3.63, 3.8) is 0 Å². The first-order chi connectivity index (χ1) is 9.57. The summed E-state index contributed by atoms with van der Waals surface area (Å²) in [5.74, 6) is -0.882. The second-order valence-corrected chi connectivity index (χ2v) is 5.78. The lowest BCUT2D eigenvalue weighted by Crippen LogP contribution is -2.52. The Morgan fingerprint density at radius 3 is 2.85 bits per heavy atom. The van der Waals surface area contributed by atoms with Crippen molar-refractivity contribution in [2.75, 3.05) is 33.4 Å². The first-order valence-corrected chi connectivity index (χ1v) is 7.19. The average Bonchev–Trinajstić information content (AvgIpc) is 2.92. The summed E-state index contributed by atoms with van der Waals surface area (Å²) in [7, 11) is 1.50. The molecule has 2 heterocycles. The number of ether oxygens (including phenoxy) is 2. The Morgan fingerprint density at radius 2 is 2.25 bits per heavy atom. The van der Waals surface area contributed by atoms with E-state index in [9.17, 15) is 14.7 Å². The molecule has 0 radical (unpaired) electrons. The average molecular weight is 285 g/mol. The number of carbonyl (C=O) groups is 2. The molecule has 0 aromatic carbocycles. The van der Waals surface area contributed by atoms with Crippen LogP contribution in [0.25, 0.3) is 0 Å². The van der Waals surface area contributed by atoms with Crippen LogP contribution in [-0.4, -0.2) is 61.4 Å². The highest BCUT2D eigenvalue weighted by atomic mass is 16.5. The van der Waals surface area contributed by atoms with E-state index in [0.29, 0.717) is 25.8 Å². The summed E-state index contributed by atoms with van der Waals surface area (Å²) >= 11 is 0. The van der Waals surface area contributed by atoms with Crippen molar-refractivity contribution in [1.29, 1.82) is 0 Å². The Labute approximate surface area is 119 Å². The van der Waals surface area contributed by atoms with Gasteiger partial charge in [-0.05, 0) is 25.7 Å². The first kappa shape index (κ1) is 15.3. The van der Waals surface area contributed by atoms with Crippen LogP contribution in [-0.2, 0) is 19.1 Å². The number of piperidine rings is 1. The lowest BCUT2D eigenvalue weighted by molar-refractivity contribution is -0.159. The van der Waals surface area contributed by atoms with Crippen LogP contribution in [0.3, 0.4) is 0 Å². The van der Waals surface area contributed by atoms with Gasteiger partial charge in [0.05, 0.1) is 19.1 Å². The largest absolute Gasteiger partial charge is 0.481 e. The van der Waals surface area contributed by atoms with Gasteiger partial charge >= 0.3 is 5.97 Å². The molecule has 0 aromatic heterocycles. The molecule has 2 atom stereocenters. The number of aliphatic carboxylic acids is 1. The van der Waals surface area contributed by atoms with Crippen molar-refractivity contribution in [2.45, 2.75) is 38.2 Å². The number of rotatable bonds is 5. The van der Waals surface area contributed by atoms with E-state index in [-0.39, 0.29) is 25.2 Å². The summed E-state index contributed by atoms with van der Waals surface area (Å²) < 4.78 is 10.5. The van der Waals surface area contributed by atoms with Crippen molar-refractivity contribution >= 4 is 11.9 Å². The minimum Gasteiger partial charge on any atom is -0.481 e. The molecule has 0 saturated carbocycles. The van der Waals surface area contributed by atoms with Crippen LogP contribution >= 0.6 is 0 Å². The highest BCUT2D eigenvalue weighted by molar-refractivity contribution is 5.80. The van der Waals surface area contributed by atoms with E-state index >= 15 is 0 Å². The zero-order valence-corrected chi connectivity index (χ0v) is 12.0. The van der Waals surface area contributed by atoms with Crippen molar-refractivity contribution in [1.82, 2.24) is 4.90 Å². The smallest absolute Gasteiger partial charge is 0.313 e. The molecule has 6 nitrogen and oxygen atoms in total. The molecule has 114 valence electrons. The van der Waals surface area contributed by atoms with Gasteiger partial charge < -0.3 is 19.5 Å². The highest BCUT2D eigenvalue weighted by Gasteiger charge is 2.44. The van der Waals surface area contributed by atoms with Crippen molar-refractivity contribution in [3.05, 3.63) is 0 Å². The van der Waals surface area contributed by atoms with Gasteiger partial charge in [-0.2, -0.15) is 0 Å². The van der Waals surface area contributed by atoms with Gasteiger partial charge in [0.1, 0.15) is 5.41 Å². The minimum atomic E-state index is -0.959. The van der Waals surface area contributed by atoms with Crippen LogP contribution < -0.4 is 0 Å². The number of carbonyl (C=O) groups excluding carboxylic acids is 1. The normalized spacial score (nSPS) is 30.4. The third-order valence-corrected chi connectivity index (χ3v) is 4.23. The second-order valence-electron chi connectivity index (χ2n) is 5.78. The number of carboxylic acid groups (broad SMARTS) is 1. The highest BCUT2D eigenvalue weighted by Crippen LogP contribution is 2.31. The van der Waals surface area contributed by atoms with Gasteiger partial charge in [-0.1, -0.05) is 0 Å². The molecule has 20 heavy (non-hydrogen) atoms. The molecule has 2 aliphatic rings. The predicted molar refractivity (Wildman–Crippen MR) is 71.3 cm³/mol. The molecule has 0 spiro atoms. The molecule has 1 amide bonds. The molecule has 0 bridgehead atoms. The summed E-state index contributed by atoms with van der Waals surface area (Å²) in [4.78, 5) is 25.5. The summed E-state index contributed by atoms with van der Waals surface area (Å²) in [6.07, 6.45) is 3.55. The summed E-state index contributed by atoms with van der Waals surface area (Å²) in [5.41, 5.74) is -0.959. The maximum absolute atomic E-state index is 12.3. The SMILES string of the molecule is COCC1(C(=O)O)CCCN(C(=O)CC2CCCO2)C1.